The molecular weight excluding hydrogens is 612 g/mol. The number of aliphatic imine (C=N–C) groups is 1. The Balaban J connectivity index is 1.43. The van der Waals surface area contributed by atoms with Gasteiger partial charge in [-0.2, -0.15) is 4.39 Å². The van der Waals surface area contributed by atoms with Crippen LogP contribution in [0, 0.1) is 23.4 Å². The molecular formula is C31H28F4N6O3S. The number of halogens is 4. The summed E-state index contributed by atoms with van der Waals surface area (Å²) in [6.45, 7) is 6.09. The number of allylic oxidation sites excluding steroid dienone is 1. The van der Waals surface area contributed by atoms with E-state index in [1.54, 1.807) is 24.4 Å². The van der Waals surface area contributed by atoms with Crippen molar-refractivity contribution < 1.29 is 30.7 Å². The number of aromatic nitrogens is 3. The van der Waals surface area contributed by atoms with E-state index in [0.717, 1.165) is 12.1 Å². The fourth-order valence-corrected chi connectivity index (χ4v) is 5.89. The van der Waals surface area contributed by atoms with Crippen molar-refractivity contribution in [3.63, 3.8) is 0 Å². The lowest BCUT2D eigenvalue weighted by molar-refractivity contribution is 0.246. The summed E-state index contributed by atoms with van der Waals surface area (Å²) in [5.74, 6) is -5.40. The second-order valence-corrected chi connectivity index (χ2v) is 12.1. The molecule has 9 nitrogen and oxygen atoms in total. The Morgan fingerprint density at radius 2 is 1.91 bits per heavy atom. The van der Waals surface area contributed by atoms with Gasteiger partial charge in [0.1, 0.15) is 12.0 Å². The summed E-state index contributed by atoms with van der Waals surface area (Å²) in [5, 5.41) is 2.99. The summed E-state index contributed by atoms with van der Waals surface area (Å²) in [6.07, 6.45) is 3.77. The monoisotopic (exact) mass is 640 g/mol. The van der Waals surface area contributed by atoms with Crippen LogP contribution in [-0.4, -0.2) is 48.8 Å². The molecule has 4 aromatic rings. The highest BCUT2D eigenvalue weighted by molar-refractivity contribution is 7.91. The number of anilines is 1. The Morgan fingerprint density at radius 1 is 1.11 bits per heavy atom. The van der Waals surface area contributed by atoms with Crippen molar-refractivity contribution >= 4 is 33.4 Å². The summed E-state index contributed by atoms with van der Waals surface area (Å²) in [7, 11) is -4.38. The molecule has 0 amide bonds. The standard InChI is InChI=1S/C31H28F4N6O3S/c1-18(2)23-13-26(27(34)28(35)29(23)41-45(42,43)17-20-6-3-4-8-24(20)33)44-30-22(7-5-10-37-30)25-9-11-38-31(40-25)39-15-19-12-21(32)16-36-14-19/h3-11,13,15,19,21,36,41H,1,12,14,16-17H2,2H3/b39-15+/t19?,21-/m0/s1. The summed E-state index contributed by atoms with van der Waals surface area (Å²) in [6, 6.07) is 11.0. The van der Waals surface area contributed by atoms with E-state index in [2.05, 4.69) is 31.8 Å². The second kappa shape index (κ2) is 13.5. The van der Waals surface area contributed by atoms with Crippen LogP contribution in [0.3, 0.4) is 0 Å². The molecule has 0 saturated carbocycles. The quantitative estimate of drug-likeness (QED) is 0.153. The summed E-state index contributed by atoms with van der Waals surface area (Å²) >= 11 is 0. The number of nitrogens with one attached hydrogen (secondary N) is 2. The van der Waals surface area contributed by atoms with E-state index < -0.39 is 50.8 Å². The smallest absolute Gasteiger partial charge is 0.249 e. The maximum atomic E-state index is 15.5. The molecule has 3 heterocycles. The van der Waals surface area contributed by atoms with E-state index in [1.807, 2.05) is 4.72 Å². The first-order chi connectivity index (χ1) is 21.5. The van der Waals surface area contributed by atoms with E-state index in [0.29, 0.717) is 30.8 Å². The number of nitrogens with zero attached hydrogens (tertiary/aromatic N) is 4. The van der Waals surface area contributed by atoms with Crippen LogP contribution in [-0.2, 0) is 15.8 Å². The van der Waals surface area contributed by atoms with Crippen LogP contribution in [0.4, 0.5) is 29.2 Å². The van der Waals surface area contributed by atoms with Crippen molar-refractivity contribution in [1.29, 1.82) is 0 Å². The Kier molecular flexibility index (Phi) is 9.54. The third-order valence-electron chi connectivity index (χ3n) is 6.82. The number of pyridine rings is 1. The summed E-state index contributed by atoms with van der Waals surface area (Å²) in [5.41, 5.74) is -0.146. The first-order valence-corrected chi connectivity index (χ1v) is 15.4. The number of hydrogen-bond donors (Lipinski definition) is 2. The van der Waals surface area contributed by atoms with Gasteiger partial charge in [0.05, 0.1) is 22.7 Å². The molecule has 1 saturated heterocycles. The maximum Gasteiger partial charge on any atom is 0.249 e. The molecule has 1 aliphatic heterocycles. The molecule has 1 fully saturated rings. The number of sulfonamides is 1. The molecule has 0 radical (unpaired) electrons. The van der Waals surface area contributed by atoms with E-state index in [1.165, 1.54) is 37.5 Å². The van der Waals surface area contributed by atoms with Crippen LogP contribution in [0.25, 0.3) is 16.8 Å². The Bertz CT molecular complexity index is 1870. The van der Waals surface area contributed by atoms with Crippen molar-refractivity contribution in [1.82, 2.24) is 20.3 Å². The fraction of sp³-hybridized carbons (Fsp3) is 0.226. The lowest BCUT2D eigenvalue weighted by Crippen LogP contribution is -2.37. The van der Waals surface area contributed by atoms with Gasteiger partial charge in [0.15, 0.2) is 11.6 Å². The molecule has 234 valence electrons. The lowest BCUT2D eigenvalue weighted by Gasteiger charge is -2.22. The van der Waals surface area contributed by atoms with Crippen molar-refractivity contribution in [2.75, 3.05) is 17.8 Å². The van der Waals surface area contributed by atoms with Gasteiger partial charge in [-0.25, -0.2) is 41.5 Å². The first-order valence-electron chi connectivity index (χ1n) is 13.8. The molecule has 5 rings (SSSR count). The predicted octanol–water partition coefficient (Wildman–Crippen LogP) is 6.37. The highest BCUT2D eigenvalue weighted by Gasteiger charge is 2.26. The van der Waals surface area contributed by atoms with Gasteiger partial charge >= 0.3 is 0 Å². The molecule has 45 heavy (non-hydrogen) atoms. The normalized spacial score (nSPS) is 16.9. The first kappa shape index (κ1) is 31.7. The number of ether oxygens (including phenoxy) is 1. The van der Waals surface area contributed by atoms with Crippen LogP contribution < -0.4 is 14.8 Å². The van der Waals surface area contributed by atoms with Crippen LogP contribution in [0.1, 0.15) is 24.5 Å². The lowest BCUT2D eigenvalue weighted by atomic mass is 10.00. The van der Waals surface area contributed by atoms with Crippen molar-refractivity contribution in [3.8, 4) is 22.9 Å². The van der Waals surface area contributed by atoms with Crippen LogP contribution >= 0.6 is 0 Å². The maximum absolute atomic E-state index is 15.5. The van der Waals surface area contributed by atoms with Gasteiger partial charge in [-0.15, -0.1) is 0 Å². The van der Waals surface area contributed by atoms with Gasteiger partial charge in [-0.05, 0) is 49.2 Å². The van der Waals surface area contributed by atoms with Crippen LogP contribution in [0.5, 0.6) is 11.6 Å². The second-order valence-electron chi connectivity index (χ2n) is 10.4. The molecule has 2 N–H and O–H groups in total. The zero-order chi connectivity index (χ0) is 32.1. The number of hydrogen-bond acceptors (Lipinski definition) is 8. The van der Waals surface area contributed by atoms with E-state index >= 15 is 8.78 Å². The molecule has 1 aliphatic rings. The van der Waals surface area contributed by atoms with Gasteiger partial charge in [-0.1, -0.05) is 24.8 Å². The van der Waals surface area contributed by atoms with Gasteiger partial charge in [0.2, 0.25) is 27.7 Å². The fourth-order valence-electron chi connectivity index (χ4n) is 4.66. The predicted molar refractivity (Wildman–Crippen MR) is 163 cm³/mol. The third-order valence-corrected chi connectivity index (χ3v) is 8.03. The van der Waals surface area contributed by atoms with Gasteiger partial charge in [0, 0.05) is 48.7 Å². The number of benzene rings is 2. The number of alkyl halides is 1. The Morgan fingerprint density at radius 3 is 2.67 bits per heavy atom. The molecule has 0 bridgehead atoms. The molecule has 2 aromatic heterocycles. The molecule has 1 unspecified atom stereocenters. The Hall–Kier alpha value is -4.69. The minimum atomic E-state index is -4.38. The van der Waals surface area contributed by atoms with Crippen molar-refractivity contribution in [2.24, 2.45) is 10.9 Å². The van der Waals surface area contributed by atoms with E-state index in [4.69, 9.17) is 4.74 Å². The highest BCUT2D eigenvalue weighted by atomic mass is 32.2. The minimum Gasteiger partial charge on any atom is -0.435 e. The van der Waals surface area contributed by atoms with Crippen molar-refractivity contribution in [3.05, 3.63) is 96.1 Å². The SMILES string of the molecule is C=C(C)c1cc(Oc2ncccc2-c2ccnc(/N=C/C3CNC[C@@H](F)C3)n2)c(F)c(F)c1NS(=O)(=O)Cc1ccccc1F. The number of rotatable bonds is 10. The topological polar surface area (TPSA) is 118 Å². The molecule has 2 atom stereocenters. The summed E-state index contributed by atoms with van der Waals surface area (Å²) < 4.78 is 92.1. The average Bonchev–Trinajstić information content (AvgIpc) is 3.01. The molecule has 2 aromatic carbocycles. The van der Waals surface area contributed by atoms with Crippen LogP contribution in [0.15, 0.2) is 72.5 Å². The summed E-state index contributed by atoms with van der Waals surface area (Å²) in [4.78, 5) is 17.0. The van der Waals surface area contributed by atoms with Gasteiger partial charge in [-0.3, -0.25) is 4.72 Å². The number of piperidine rings is 1. The van der Waals surface area contributed by atoms with Gasteiger partial charge < -0.3 is 10.1 Å². The zero-order valence-corrected chi connectivity index (χ0v) is 24.8. The van der Waals surface area contributed by atoms with Crippen molar-refractivity contribution in [2.45, 2.75) is 25.3 Å². The van der Waals surface area contributed by atoms with E-state index in [9.17, 15) is 17.2 Å². The largest absolute Gasteiger partial charge is 0.435 e. The third kappa shape index (κ3) is 7.70. The van der Waals surface area contributed by atoms with Crippen LogP contribution in [0.2, 0.25) is 0 Å². The molecule has 0 aliphatic carbocycles. The van der Waals surface area contributed by atoms with E-state index in [-0.39, 0.29) is 34.4 Å². The Labute approximate surface area is 257 Å². The average molecular weight is 641 g/mol. The molecule has 14 heteroatoms. The zero-order valence-electron chi connectivity index (χ0n) is 24.0. The highest BCUT2D eigenvalue weighted by Crippen LogP contribution is 2.38. The minimum absolute atomic E-state index is 0.0927. The van der Waals surface area contributed by atoms with Gasteiger partial charge in [0.25, 0.3) is 0 Å². The molecule has 0 spiro atoms.